The highest BCUT2D eigenvalue weighted by Crippen LogP contribution is 2.36. The quantitative estimate of drug-likeness (QED) is 0.807. The van der Waals surface area contributed by atoms with E-state index in [9.17, 15) is 4.79 Å². The number of carbonyl (C=O) groups is 1. The molecule has 7 heteroatoms. The van der Waals surface area contributed by atoms with E-state index in [1.807, 2.05) is 37.3 Å². The fraction of sp³-hybridized carbons (Fsp3) is 0.350. The van der Waals surface area contributed by atoms with Crippen molar-refractivity contribution in [2.75, 3.05) is 31.7 Å². The summed E-state index contributed by atoms with van der Waals surface area (Å²) in [4.78, 5) is 13.5. The minimum Gasteiger partial charge on any atom is -0.490 e. The Bertz CT molecular complexity index is 841. The molecule has 1 atom stereocenters. The summed E-state index contributed by atoms with van der Waals surface area (Å²) >= 11 is 1.48. The van der Waals surface area contributed by atoms with Gasteiger partial charge in [0.15, 0.2) is 23.0 Å². The number of hydrogen-bond acceptors (Lipinski definition) is 6. The molecule has 1 N–H and O–H groups in total. The lowest BCUT2D eigenvalue weighted by Gasteiger charge is -2.19. The zero-order chi connectivity index (χ0) is 18.6. The number of nitrogens with one attached hydrogen (secondary N) is 1. The molecule has 0 aromatic heterocycles. The van der Waals surface area contributed by atoms with E-state index >= 15 is 0 Å². The fourth-order valence-electron chi connectivity index (χ4n) is 2.84. The van der Waals surface area contributed by atoms with E-state index in [4.69, 9.17) is 18.9 Å². The van der Waals surface area contributed by atoms with Crippen LogP contribution in [0.15, 0.2) is 41.3 Å². The molecule has 27 heavy (non-hydrogen) atoms. The van der Waals surface area contributed by atoms with E-state index < -0.39 is 0 Å². The van der Waals surface area contributed by atoms with Gasteiger partial charge in [-0.3, -0.25) is 4.79 Å². The monoisotopic (exact) mass is 387 g/mol. The first-order chi connectivity index (χ1) is 13.2. The van der Waals surface area contributed by atoms with E-state index in [2.05, 4.69) is 5.32 Å². The second-order valence-electron chi connectivity index (χ2n) is 6.27. The van der Waals surface area contributed by atoms with Gasteiger partial charge in [-0.25, -0.2) is 0 Å². The SMILES string of the molecule is CC(Sc1ccc2c(c1)OCCCO2)C(=O)Nc1ccc2c(c1)OCCO2. The number of benzene rings is 2. The highest BCUT2D eigenvalue weighted by Gasteiger charge is 2.18. The minimum absolute atomic E-state index is 0.0798. The second kappa shape index (κ2) is 8.00. The number of fused-ring (bicyclic) bond motifs is 2. The van der Waals surface area contributed by atoms with Crippen LogP contribution in [0.3, 0.4) is 0 Å². The summed E-state index contributed by atoms with van der Waals surface area (Å²) in [6, 6.07) is 11.2. The smallest absolute Gasteiger partial charge is 0.237 e. The fourth-order valence-corrected chi connectivity index (χ4v) is 3.74. The van der Waals surface area contributed by atoms with Gasteiger partial charge in [0.1, 0.15) is 13.2 Å². The Hall–Kier alpha value is -2.54. The molecule has 0 spiro atoms. The lowest BCUT2D eigenvalue weighted by Crippen LogP contribution is -2.22. The molecule has 2 aliphatic heterocycles. The molecule has 2 heterocycles. The van der Waals surface area contributed by atoms with Crippen molar-refractivity contribution in [3.8, 4) is 23.0 Å². The highest BCUT2D eigenvalue weighted by molar-refractivity contribution is 8.00. The van der Waals surface area contributed by atoms with Gasteiger partial charge >= 0.3 is 0 Å². The summed E-state index contributed by atoms with van der Waals surface area (Å²) in [5.41, 5.74) is 0.690. The number of rotatable bonds is 4. The van der Waals surface area contributed by atoms with Crippen molar-refractivity contribution in [3.05, 3.63) is 36.4 Å². The normalized spacial score (nSPS) is 16.2. The maximum atomic E-state index is 12.6. The van der Waals surface area contributed by atoms with Crippen LogP contribution in [0.2, 0.25) is 0 Å². The summed E-state index contributed by atoms with van der Waals surface area (Å²) in [6.45, 7) is 4.23. The third kappa shape index (κ3) is 4.24. The van der Waals surface area contributed by atoms with Crippen LogP contribution in [-0.2, 0) is 4.79 Å². The molecule has 0 bridgehead atoms. The van der Waals surface area contributed by atoms with Gasteiger partial charge in [0.05, 0.1) is 18.5 Å². The summed E-state index contributed by atoms with van der Waals surface area (Å²) in [5, 5.41) is 2.66. The molecule has 2 aromatic rings. The van der Waals surface area contributed by atoms with Crippen LogP contribution in [0, 0.1) is 0 Å². The zero-order valence-electron chi connectivity index (χ0n) is 15.0. The Morgan fingerprint density at radius 1 is 0.889 bits per heavy atom. The molecule has 1 unspecified atom stereocenters. The van der Waals surface area contributed by atoms with Gasteiger partial charge in [-0.1, -0.05) is 0 Å². The molecular formula is C20H21NO5S. The van der Waals surface area contributed by atoms with Crippen molar-refractivity contribution in [1.29, 1.82) is 0 Å². The van der Waals surface area contributed by atoms with Gasteiger partial charge < -0.3 is 24.3 Å². The average Bonchev–Trinajstić information content (AvgIpc) is 2.93. The van der Waals surface area contributed by atoms with Crippen molar-refractivity contribution in [3.63, 3.8) is 0 Å². The number of hydrogen-bond donors (Lipinski definition) is 1. The minimum atomic E-state index is -0.275. The third-order valence-electron chi connectivity index (χ3n) is 4.21. The van der Waals surface area contributed by atoms with Crippen molar-refractivity contribution in [2.24, 2.45) is 0 Å². The summed E-state index contributed by atoms with van der Waals surface area (Å²) in [5.74, 6) is 2.77. The Morgan fingerprint density at radius 3 is 2.33 bits per heavy atom. The molecule has 142 valence electrons. The van der Waals surface area contributed by atoms with Crippen molar-refractivity contribution in [2.45, 2.75) is 23.5 Å². The molecule has 2 aliphatic rings. The standard InChI is InChI=1S/C20H21NO5S/c1-13(27-15-4-6-17-19(12-15)24-8-2-7-23-17)20(22)21-14-3-5-16-18(11-14)26-10-9-25-16/h3-6,11-13H,2,7-10H2,1H3,(H,21,22). The predicted octanol–water partition coefficient (Wildman–Crippen LogP) is 3.74. The van der Waals surface area contributed by atoms with Crippen molar-refractivity contribution >= 4 is 23.4 Å². The van der Waals surface area contributed by atoms with E-state index in [1.54, 1.807) is 6.07 Å². The lowest BCUT2D eigenvalue weighted by molar-refractivity contribution is -0.115. The summed E-state index contributed by atoms with van der Waals surface area (Å²) in [6.07, 6.45) is 0.867. The first-order valence-electron chi connectivity index (χ1n) is 8.96. The molecule has 6 nitrogen and oxygen atoms in total. The van der Waals surface area contributed by atoms with E-state index in [1.165, 1.54) is 11.8 Å². The van der Waals surface area contributed by atoms with E-state index in [0.717, 1.165) is 22.8 Å². The molecule has 1 amide bonds. The number of anilines is 1. The van der Waals surface area contributed by atoms with Crippen LogP contribution in [-0.4, -0.2) is 37.6 Å². The highest BCUT2D eigenvalue weighted by atomic mass is 32.2. The Balaban J connectivity index is 1.40. The Kier molecular flexibility index (Phi) is 5.29. The largest absolute Gasteiger partial charge is 0.490 e. The first kappa shape index (κ1) is 17.9. The third-order valence-corrected chi connectivity index (χ3v) is 5.30. The van der Waals surface area contributed by atoms with Crippen LogP contribution in [0.5, 0.6) is 23.0 Å². The van der Waals surface area contributed by atoms with Gasteiger partial charge in [-0.2, -0.15) is 0 Å². The first-order valence-corrected chi connectivity index (χ1v) is 9.84. The molecular weight excluding hydrogens is 366 g/mol. The second-order valence-corrected chi connectivity index (χ2v) is 7.68. The van der Waals surface area contributed by atoms with E-state index in [-0.39, 0.29) is 11.2 Å². The van der Waals surface area contributed by atoms with E-state index in [0.29, 0.717) is 43.6 Å². The predicted molar refractivity (Wildman–Crippen MR) is 103 cm³/mol. The average molecular weight is 387 g/mol. The zero-order valence-corrected chi connectivity index (χ0v) is 15.8. The molecule has 0 saturated carbocycles. The summed E-state index contributed by atoms with van der Waals surface area (Å²) < 4.78 is 22.4. The van der Waals surface area contributed by atoms with Crippen LogP contribution >= 0.6 is 11.8 Å². The number of amides is 1. The molecule has 0 aliphatic carbocycles. The Labute approximate surface area is 162 Å². The van der Waals surface area contributed by atoms with Gasteiger partial charge in [-0.15, -0.1) is 11.8 Å². The van der Waals surface area contributed by atoms with Crippen LogP contribution in [0.1, 0.15) is 13.3 Å². The van der Waals surface area contributed by atoms with Gasteiger partial charge in [-0.05, 0) is 37.3 Å². The van der Waals surface area contributed by atoms with Crippen molar-refractivity contribution in [1.82, 2.24) is 0 Å². The topological polar surface area (TPSA) is 66.0 Å². The molecule has 0 fully saturated rings. The maximum Gasteiger partial charge on any atom is 0.237 e. The van der Waals surface area contributed by atoms with Crippen LogP contribution < -0.4 is 24.3 Å². The summed E-state index contributed by atoms with van der Waals surface area (Å²) in [7, 11) is 0. The number of thioether (sulfide) groups is 1. The van der Waals surface area contributed by atoms with Crippen molar-refractivity contribution < 1.29 is 23.7 Å². The number of carbonyl (C=O) groups excluding carboxylic acids is 1. The molecule has 4 rings (SSSR count). The van der Waals surface area contributed by atoms with Gasteiger partial charge in [0.2, 0.25) is 5.91 Å². The van der Waals surface area contributed by atoms with Gasteiger partial charge in [0.25, 0.3) is 0 Å². The molecule has 0 radical (unpaired) electrons. The van der Waals surface area contributed by atoms with Crippen LogP contribution in [0.25, 0.3) is 0 Å². The van der Waals surface area contributed by atoms with Crippen LogP contribution in [0.4, 0.5) is 5.69 Å². The molecule has 0 saturated heterocycles. The lowest BCUT2D eigenvalue weighted by atomic mass is 10.2. The van der Waals surface area contributed by atoms with Gasteiger partial charge in [0, 0.05) is 23.1 Å². The molecule has 2 aromatic carbocycles. The maximum absolute atomic E-state index is 12.6. The Morgan fingerprint density at radius 2 is 1.52 bits per heavy atom. The number of ether oxygens (including phenoxy) is 4.